The minimum Gasteiger partial charge on any atom is -0.458 e. The predicted octanol–water partition coefficient (Wildman–Crippen LogP) is 0.603. The third-order valence-corrected chi connectivity index (χ3v) is 2.01. The number of esters is 1. The van der Waals surface area contributed by atoms with E-state index in [-0.39, 0.29) is 19.1 Å². The molecule has 0 fully saturated rings. The first-order valence-corrected chi connectivity index (χ1v) is 4.87. The maximum atomic E-state index is 11.3. The van der Waals surface area contributed by atoms with Crippen molar-refractivity contribution < 1.29 is 14.3 Å². The monoisotopic (exact) mass is 222 g/mol. The van der Waals surface area contributed by atoms with Crippen LogP contribution in [-0.4, -0.2) is 35.4 Å². The lowest BCUT2D eigenvalue weighted by atomic mass is 10.4. The van der Waals surface area contributed by atoms with Crippen LogP contribution in [0.15, 0.2) is 24.4 Å². The Labute approximate surface area is 94.0 Å². The number of hydrogen-bond acceptors (Lipinski definition) is 4. The van der Waals surface area contributed by atoms with Gasteiger partial charge < -0.3 is 9.64 Å². The molecule has 0 unspecified atom stereocenters. The second-order valence-corrected chi connectivity index (χ2v) is 3.36. The molecule has 0 aromatic carbocycles. The molecule has 0 N–H and O–H groups in total. The van der Waals surface area contributed by atoms with Crippen molar-refractivity contribution in [2.24, 2.45) is 0 Å². The van der Waals surface area contributed by atoms with E-state index in [2.05, 4.69) is 4.98 Å². The number of carbonyl (C=O) groups excluding carboxylic acids is 2. The van der Waals surface area contributed by atoms with Crippen LogP contribution in [0.25, 0.3) is 0 Å². The third kappa shape index (κ3) is 4.08. The van der Waals surface area contributed by atoms with Gasteiger partial charge >= 0.3 is 5.97 Å². The van der Waals surface area contributed by atoms with E-state index < -0.39 is 5.97 Å². The van der Waals surface area contributed by atoms with Crippen molar-refractivity contribution >= 4 is 11.9 Å². The summed E-state index contributed by atoms with van der Waals surface area (Å²) >= 11 is 0. The average molecular weight is 222 g/mol. The summed E-state index contributed by atoms with van der Waals surface area (Å²) in [5.74, 6) is -0.613. The van der Waals surface area contributed by atoms with Crippen molar-refractivity contribution in [3.8, 4) is 0 Å². The Hall–Kier alpha value is -1.91. The quantitative estimate of drug-likeness (QED) is 0.700. The number of carbonyl (C=O) groups is 2. The van der Waals surface area contributed by atoms with Gasteiger partial charge in [-0.25, -0.2) is 0 Å². The fourth-order valence-electron chi connectivity index (χ4n) is 0.989. The maximum Gasteiger partial charge on any atom is 0.326 e. The molecule has 1 rings (SSSR count). The van der Waals surface area contributed by atoms with Crippen molar-refractivity contribution in [3.05, 3.63) is 30.1 Å². The van der Waals surface area contributed by atoms with Crippen LogP contribution in [0, 0.1) is 0 Å². The summed E-state index contributed by atoms with van der Waals surface area (Å²) in [5, 5.41) is 0. The molecule has 0 radical (unpaired) electrons. The summed E-state index contributed by atoms with van der Waals surface area (Å²) in [5.41, 5.74) is 0.682. The van der Waals surface area contributed by atoms with Crippen LogP contribution in [0.3, 0.4) is 0 Å². The highest BCUT2D eigenvalue weighted by molar-refractivity contribution is 5.80. The first-order chi connectivity index (χ1) is 7.59. The second-order valence-electron chi connectivity index (χ2n) is 3.36. The van der Waals surface area contributed by atoms with Crippen LogP contribution < -0.4 is 0 Å². The van der Waals surface area contributed by atoms with E-state index in [0.717, 1.165) is 0 Å². The molecule has 86 valence electrons. The molecule has 0 saturated heterocycles. The lowest BCUT2D eigenvalue weighted by Crippen LogP contribution is -2.31. The summed E-state index contributed by atoms with van der Waals surface area (Å²) in [7, 11) is 1.55. The van der Waals surface area contributed by atoms with Crippen LogP contribution in [0.4, 0.5) is 0 Å². The number of likely N-dealkylation sites (N-methyl/N-ethyl adjacent to an activating group) is 1. The predicted molar refractivity (Wildman–Crippen MR) is 57.3 cm³/mol. The van der Waals surface area contributed by atoms with Crippen LogP contribution in [0.1, 0.15) is 12.6 Å². The molecular formula is C11H14N2O3. The Morgan fingerprint density at radius 1 is 1.44 bits per heavy atom. The van der Waals surface area contributed by atoms with Gasteiger partial charge in [0.05, 0.1) is 5.69 Å². The Bertz CT molecular complexity index is 365. The summed E-state index contributed by atoms with van der Waals surface area (Å²) in [6.07, 6.45) is 1.63. The summed E-state index contributed by atoms with van der Waals surface area (Å²) in [6.45, 7) is 1.49. The van der Waals surface area contributed by atoms with E-state index in [1.54, 1.807) is 25.4 Å². The summed E-state index contributed by atoms with van der Waals surface area (Å²) in [4.78, 5) is 27.4. The van der Waals surface area contributed by atoms with E-state index in [1.165, 1.54) is 11.8 Å². The van der Waals surface area contributed by atoms with Gasteiger partial charge in [0.25, 0.3) is 0 Å². The van der Waals surface area contributed by atoms with Gasteiger partial charge in [-0.15, -0.1) is 0 Å². The van der Waals surface area contributed by atoms with Gasteiger partial charge in [-0.1, -0.05) is 6.07 Å². The van der Waals surface area contributed by atoms with Crippen LogP contribution >= 0.6 is 0 Å². The smallest absolute Gasteiger partial charge is 0.326 e. The first-order valence-electron chi connectivity index (χ1n) is 4.87. The highest BCUT2D eigenvalue weighted by Gasteiger charge is 2.09. The molecule has 1 aromatic rings. The number of hydrogen-bond donors (Lipinski definition) is 0. The lowest BCUT2D eigenvalue weighted by Gasteiger charge is -2.13. The minimum atomic E-state index is -0.441. The normalized spacial score (nSPS) is 9.62. The van der Waals surface area contributed by atoms with Gasteiger partial charge in [0.15, 0.2) is 0 Å². The molecule has 5 heteroatoms. The SMILES string of the molecule is CC(=O)N(C)CC(=O)OCc1ccccn1. The molecule has 1 amide bonds. The van der Waals surface area contributed by atoms with Crippen LogP contribution in [0.2, 0.25) is 0 Å². The topological polar surface area (TPSA) is 59.5 Å². The van der Waals surface area contributed by atoms with Gasteiger partial charge in [0.1, 0.15) is 13.2 Å². The standard InChI is InChI=1S/C11H14N2O3/c1-9(14)13(2)7-11(15)16-8-10-5-3-4-6-12-10/h3-6H,7-8H2,1-2H3. The molecule has 1 heterocycles. The number of nitrogens with zero attached hydrogens (tertiary/aromatic N) is 2. The molecule has 5 nitrogen and oxygen atoms in total. The number of aromatic nitrogens is 1. The largest absolute Gasteiger partial charge is 0.458 e. The molecule has 0 aliphatic heterocycles. The fraction of sp³-hybridized carbons (Fsp3) is 0.364. The van der Waals surface area contributed by atoms with Gasteiger partial charge in [0.2, 0.25) is 5.91 Å². The third-order valence-electron chi connectivity index (χ3n) is 2.01. The van der Waals surface area contributed by atoms with Crippen molar-refractivity contribution in [3.63, 3.8) is 0 Å². The Morgan fingerprint density at radius 2 is 2.19 bits per heavy atom. The fourth-order valence-corrected chi connectivity index (χ4v) is 0.989. The van der Waals surface area contributed by atoms with Crippen molar-refractivity contribution in [2.75, 3.05) is 13.6 Å². The minimum absolute atomic E-state index is 0.0395. The van der Waals surface area contributed by atoms with E-state index >= 15 is 0 Å². The van der Waals surface area contributed by atoms with Gasteiger partial charge in [-0.2, -0.15) is 0 Å². The molecule has 0 atom stereocenters. The van der Waals surface area contributed by atoms with E-state index in [9.17, 15) is 9.59 Å². The molecule has 1 aromatic heterocycles. The molecule has 0 saturated carbocycles. The van der Waals surface area contributed by atoms with Crippen LogP contribution in [0.5, 0.6) is 0 Å². The maximum absolute atomic E-state index is 11.3. The zero-order valence-corrected chi connectivity index (χ0v) is 9.34. The number of amides is 1. The van der Waals surface area contributed by atoms with Crippen LogP contribution in [-0.2, 0) is 20.9 Å². The molecule has 0 aliphatic rings. The number of pyridine rings is 1. The van der Waals surface area contributed by atoms with Crippen molar-refractivity contribution in [1.82, 2.24) is 9.88 Å². The Morgan fingerprint density at radius 3 is 2.75 bits per heavy atom. The van der Waals surface area contributed by atoms with E-state index in [1.807, 2.05) is 6.07 Å². The van der Waals surface area contributed by atoms with Crippen molar-refractivity contribution in [2.45, 2.75) is 13.5 Å². The Kier molecular flexibility index (Phi) is 4.44. The summed E-state index contributed by atoms with van der Waals surface area (Å²) in [6, 6.07) is 5.37. The lowest BCUT2D eigenvalue weighted by molar-refractivity contribution is -0.149. The van der Waals surface area contributed by atoms with Gasteiger partial charge in [-0.3, -0.25) is 14.6 Å². The average Bonchev–Trinajstić information content (AvgIpc) is 2.27. The molecule has 0 spiro atoms. The highest BCUT2D eigenvalue weighted by Crippen LogP contribution is 1.97. The first kappa shape index (κ1) is 12.2. The summed E-state index contributed by atoms with van der Waals surface area (Å²) < 4.78 is 4.95. The molecule has 16 heavy (non-hydrogen) atoms. The zero-order valence-electron chi connectivity index (χ0n) is 9.34. The van der Waals surface area contributed by atoms with Gasteiger partial charge in [-0.05, 0) is 12.1 Å². The number of ether oxygens (including phenoxy) is 1. The zero-order chi connectivity index (χ0) is 12.0. The van der Waals surface area contributed by atoms with E-state index in [4.69, 9.17) is 4.74 Å². The molecular weight excluding hydrogens is 208 g/mol. The van der Waals surface area contributed by atoms with E-state index in [0.29, 0.717) is 5.69 Å². The second kappa shape index (κ2) is 5.85. The molecule has 0 aliphatic carbocycles. The number of rotatable bonds is 4. The van der Waals surface area contributed by atoms with Crippen molar-refractivity contribution in [1.29, 1.82) is 0 Å². The Balaban J connectivity index is 2.33. The molecule has 0 bridgehead atoms. The highest BCUT2D eigenvalue weighted by atomic mass is 16.5. The van der Waals surface area contributed by atoms with Gasteiger partial charge in [0, 0.05) is 20.2 Å².